The summed E-state index contributed by atoms with van der Waals surface area (Å²) in [4.78, 5) is 2.20. The molecular formula is C9H19N4S2+. The first-order valence-corrected chi connectivity index (χ1v) is 7.44. The zero-order valence-electron chi connectivity index (χ0n) is 9.73. The Labute approximate surface area is 99.4 Å². The Morgan fingerprint density at radius 3 is 2.73 bits per heavy atom. The summed E-state index contributed by atoms with van der Waals surface area (Å²) in [7, 11) is 10.1. The van der Waals surface area contributed by atoms with Gasteiger partial charge < -0.3 is 0 Å². The standard InChI is InChI=1S/C9H18N4S2/c1-7-5-6-13(12(7)4)9-10-8(11(2)3)14-15-9/h7-8H,5-6H2,1-4H3/p+1. The van der Waals surface area contributed by atoms with Crippen molar-refractivity contribution in [2.75, 3.05) is 27.7 Å². The van der Waals surface area contributed by atoms with Gasteiger partial charge in [0.2, 0.25) is 5.50 Å². The summed E-state index contributed by atoms with van der Waals surface area (Å²) in [5, 5.41) is 7.15. The third kappa shape index (κ3) is 2.21. The van der Waals surface area contributed by atoms with Crippen LogP contribution >= 0.6 is 21.6 Å². The second-order valence-electron chi connectivity index (χ2n) is 4.28. The molecule has 0 aromatic rings. The third-order valence-corrected chi connectivity index (χ3v) is 5.56. The maximum Gasteiger partial charge on any atom is 0.342 e. The molecule has 2 unspecified atom stereocenters. The molecule has 0 radical (unpaired) electrons. The van der Waals surface area contributed by atoms with Gasteiger partial charge in [-0.25, -0.2) is 10.3 Å². The van der Waals surface area contributed by atoms with Crippen LogP contribution in [0.4, 0.5) is 0 Å². The fourth-order valence-electron chi connectivity index (χ4n) is 1.71. The summed E-state index contributed by atoms with van der Waals surface area (Å²) in [5.41, 5.74) is 0.398. The van der Waals surface area contributed by atoms with E-state index in [1.54, 1.807) is 0 Å². The van der Waals surface area contributed by atoms with Crippen LogP contribution in [-0.4, -0.2) is 59.0 Å². The van der Waals surface area contributed by atoms with E-state index < -0.39 is 0 Å². The molecule has 2 aliphatic rings. The molecule has 4 nitrogen and oxygen atoms in total. The highest BCUT2D eigenvalue weighted by Crippen LogP contribution is 2.34. The molecule has 2 aliphatic heterocycles. The molecule has 0 aromatic carbocycles. The van der Waals surface area contributed by atoms with Gasteiger partial charge in [0.15, 0.2) is 0 Å². The summed E-state index contributed by atoms with van der Waals surface area (Å²) in [6.07, 6.45) is 1.25. The maximum absolute atomic E-state index is 3.54. The van der Waals surface area contributed by atoms with Gasteiger partial charge >= 0.3 is 5.17 Å². The fraction of sp³-hybridized carbons (Fsp3) is 0.889. The molecule has 1 N–H and O–H groups in total. The van der Waals surface area contributed by atoms with Gasteiger partial charge in [0.25, 0.3) is 0 Å². The van der Waals surface area contributed by atoms with E-state index in [-0.39, 0.29) is 0 Å². The highest BCUT2D eigenvalue weighted by atomic mass is 33.1. The van der Waals surface area contributed by atoms with Crippen molar-refractivity contribution in [1.29, 1.82) is 0 Å². The van der Waals surface area contributed by atoms with Crippen molar-refractivity contribution in [3.63, 3.8) is 0 Å². The Bertz CT molecular complexity index is 279. The van der Waals surface area contributed by atoms with Crippen LogP contribution in [0, 0.1) is 0 Å². The maximum atomic E-state index is 3.54. The lowest BCUT2D eigenvalue weighted by Gasteiger charge is -2.17. The Morgan fingerprint density at radius 2 is 2.27 bits per heavy atom. The molecule has 0 aromatic heterocycles. The number of nitrogens with one attached hydrogen (secondary N) is 1. The van der Waals surface area contributed by atoms with E-state index in [1.165, 1.54) is 11.6 Å². The summed E-state index contributed by atoms with van der Waals surface area (Å²) in [6, 6.07) is 0.656. The zero-order valence-corrected chi connectivity index (χ0v) is 11.4. The molecule has 0 bridgehead atoms. The lowest BCUT2D eigenvalue weighted by molar-refractivity contribution is -0.664. The number of hydrazine groups is 1. The fourth-order valence-corrected chi connectivity index (χ4v) is 4.38. The molecule has 2 atom stereocenters. The number of amidine groups is 1. The predicted octanol–water partition coefficient (Wildman–Crippen LogP) is 0.824. The molecule has 0 amide bonds. The highest BCUT2D eigenvalue weighted by Gasteiger charge is 2.36. The molecule has 0 aliphatic carbocycles. The molecule has 2 rings (SSSR count). The van der Waals surface area contributed by atoms with E-state index in [1.807, 2.05) is 21.6 Å². The van der Waals surface area contributed by atoms with E-state index in [9.17, 15) is 0 Å². The van der Waals surface area contributed by atoms with E-state index in [0.29, 0.717) is 11.5 Å². The van der Waals surface area contributed by atoms with E-state index in [4.69, 9.17) is 0 Å². The Balaban J connectivity index is 2.09. The van der Waals surface area contributed by atoms with Crippen molar-refractivity contribution >= 4 is 26.8 Å². The Hall–Kier alpha value is -0.0700. The van der Waals surface area contributed by atoms with E-state index in [0.717, 1.165) is 6.54 Å². The van der Waals surface area contributed by atoms with Crippen molar-refractivity contribution in [2.24, 2.45) is 0 Å². The lowest BCUT2D eigenvalue weighted by atomic mass is 10.3. The molecule has 2 heterocycles. The van der Waals surface area contributed by atoms with Gasteiger partial charge in [-0.2, -0.15) is 4.68 Å². The van der Waals surface area contributed by atoms with Crippen LogP contribution in [0.25, 0.3) is 0 Å². The van der Waals surface area contributed by atoms with Gasteiger partial charge in [0.05, 0.1) is 6.04 Å². The summed E-state index contributed by atoms with van der Waals surface area (Å²) in [6.45, 7) is 3.41. The summed E-state index contributed by atoms with van der Waals surface area (Å²) in [5.74, 6) is 0. The number of hydrogen-bond acceptors (Lipinski definition) is 4. The molecule has 86 valence electrons. The van der Waals surface area contributed by atoms with Crippen LogP contribution in [0.5, 0.6) is 0 Å². The zero-order chi connectivity index (χ0) is 11.0. The normalized spacial score (nSPS) is 36.5. The van der Waals surface area contributed by atoms with Crippen molar-refractivity contribution in [1.82, 2.24) is 15.2 Å². The quantitative estimate of drug-likeness (QED) is 0.546. The number of nitrogens with zero attached hydrogens (tertiary/aromatic N) is 3. The van der Waals surface area contributed by atoms with Crippen LogP contribution < -0.4 is 5.32 Å². The van der Waals surface area contributed by atoms with Crippen LogP contribution in [0.1, 0.15) is 13.3 Å². The van der Waals surface area contributed by atoms with Gasteiger partial charge in [0, 0.05) is 24.3 Å². The molecule has 6 heteroatoms. The summed E-state index contributed by atoms with van der Waals surface area (Å²) >= 11 is 0. The molecular weight excluding hydrogens is 228 g/mol. The monoisotopic (exact) mass is 247 g/mol. The number of rotatable bonds is 1. The summed E-state index contributed by atoms with van der Waals surface area (Å²) < 4.78 is 2.35. The second-order valence-corrected chi connectivity index (χ2v) is 6.55. The van der Waals surface area contributed by atoms with E-state index >= 15 is 0 Å². The van der Waals surface area contributed by atoms with Crippen LogP contribution in [0.3, 0.4) is 0 Å². The van der Waals surface area contributed by atoms with Gasteiger partial charge in [0.1, 0.15) is 6.54 Å². The topological polar surface area (TPSA) is 21.5 Å². The molecule has 2 fully saturated rings. The molecule has 15 heavy (non-hydrogen) atoms. The van der Waals surface area contributed by atoms with E-state index in [2.05, 4.69) is 48.0 Å². The minimum absolute atomic E-state index is 0.398. The minimum atomic E-state index is 0.398. The minimum Gasteiger partial charge on any atom is -0.262 e. The Kier molecular flexibility index (Phi) is 3.37. The van der Waals surface area contributed by atoms with Gasteiger partial charge in [-0.1, -0.05) is 0 Å². The average molecular weight is 247 g/mol. The van der Waals surface area contributed by atoms with Crippen molar-refractivity contribution in [3.8, 4) is 0 Å². The van der Waals surface area contributed by atoms with Gasteiger partial charge in [-0.05, 0) is 31.8 Å². The third-order valence-electron chi connectivity index (χ3n) is 2.95. The lowest BCUT2D eigenvalue weighted by Crippen LogP contribution is -2.42. The van der Waals surface area contributed by atoms with Gasteiger partial charge in [-0.15, -0.1) is 0 Å². The average Bonchev–Trinajstić information content (AvgIpc) is 2.76. The van der Waals surface area contributed by atoms with Crippen molar-refractivity contribution < 1.29 is 4.68 Å². The van der Waals surface area contributed by atoms with Crippen molar-refractivity contribution in [3.05, 3.63) is 0 Å². The van der Waals surface area contributed by atoms with Gasteiger partial charge in [-0.3, -0.25) is 4.90 Å². The highest BCUT2D eigenvalue weighted by molar-refractivity contribution is 8.83. The first-order chi connectivity index (χ1) is 7.09. The largest absolute Gasteiger partial charge is 0.342 e. The predicted molar refractivity (Wildman–Crippen MR) is 67.8 cm³/mol. The van der Waals surface area contributed by atoms with Crippen LogP contribution in [0.2, 0.25) is 0 Å². The molecule has 2 saturated heterocycles. The van der Waals surface area contributed by atoms with Crippen LogP contribution in [0.15, 0.2) is 0 Å². The second kappa shape index (κ2) is 4.43. The number of hydrogen-bond donors (Lipinski definition) is 1. The first kappa shape index (κ1) is 11.4. The SMILES string of the molecule is CC1CC[N+](=C2NC(N(C)C)SS2)N1C. The van der Waals surface area contributed by atoms with Crippen molar-refractivity contribution in [2.45, 2.75) is 24.9 Å². The number of hydrazone groups is 1. The first-order valence-electron chi connectivity index (χ1n) is 5.23. The molecule has 0 spiro atoms. The van der Waals surface area contributed by atoms with Crippen LogP contribution in [-0.2, 0) is 0 Å². The molecule has 0 saturated carbocycles. The smallest absolute Gasteiger partial charge is 0.262 e. The Morgan fingerprint density at radius 1 is 1.53 bits per heavy atom.